The van der Waals surface area contributed by atoms with Crippen LogP contribution in [0.4, 0.5) is 0 Å². The number of hydrogen-bond acceptors (Lipinski definition) is 1. The molecule has 0 saturated carbocycles. The van der Waals surface area contributed by atoms with Gasteiger partial charge in [-0.25, -0.2) is 4.99 Å². The molecule has 0 amide bonds. The van der Waals surface area contributed by atoms with Gasteiger partial charge in [-0.2, -0.15) is 0 Å². The molecular formula is C52H46N2. The van der Waals surface area contributed by atoms with Crippen LogP contribution in [0.15, 0.2) is 186 Å². The molecule has 0 unspecified atom stereocenters. The average molecular weight is 699 g/mol. The van der Waals surface area contributed by atoms with Gasteiger partial charge in [0.25, 0.3) is 0 Å². The molecule has 2 heteroatoms. The first-order chi connectivity index (χ1) is 26.6. The van der Waals surface area contributed by atoms with Crippen LogP contribution >= 0.6 is 0 Å². The molecule has 6 rings (SSSR count). The van der Waals surface area contributed by atoms with Gasteiger partial charge >= 0.3 is 0 Å². The summed E-state index contributed by atoms with van der Waals surface area (Å²) in [4.78, 5) is 10.0. The van der Waals surface area contributed by atoms with Crippen LogP contribution in [0.2, 0.25) is 0 Å². The van der Waals surface area contributed by atoms with Crippen molar-refractivity contribution in [2.24, 2.45) is 9.98 Å². The van der Waals surface area contributed by atoms with Crippen molar-refractivity contribution in [2.75, 3.05) is 6.54 Å². The fourth-order valence-corrected chi connectivity index (χ4v) is 6.62. The zero-order valence-corrected chi connectivity index (χ0v) is 31.5. The van der Waals surface area contributed by atoms with E-state index in [0.717, 1.165) is 41.1 Å². The van der Waals surface area contributed by atoms with Gasteiger partial charge in [0.05, 0.1) is 0 Å². The lowest BCUT2D eigenvalue weighted by Crippen LogP contribution is -2.05. The van der Waals surface area contributed by atoms with Gasteiger partial charge in [-0.15, -0.1) is 5.92 Å². The lowest BCUT2D eigenvalue weighted by Gasteiger charge is -2.15. The van der Waals surface area contributed by atoms with Gasteiger partial charge < -0.3 is 0 Å². The van der Waals surface area contributed by atoms with Crippen LogP contribution in [0, 0.1) is 18.8 Å². The minimum Gasteiger partial charge on any atom is -0.266 e. The van der Waals surface area contributed by atoms with Crippen molar-refractivity contribution in [3.05, 3.63) is 199 Å². The molecule has 2 nitrogen and oxygen atoms in total. The van der Waals surface area contributed by atoms with Gasteiger partial charge in [0, 0.05) is 24.2 Å². The summed E-state index contributed by atoms with van der Waals surface area (Å²) in [6.45, 7) is 10.6. The Balaban J connectivity index is 1.30. The monoisotopic (exact) mass is 698 g/mol. The van der Waals surface area contributed by atoms with Crippen LogP contribution in [0.3, 0.4) is 0 Å². The summed E-state index contributed by atoms with van der Waals surface area (Å²) in [5, 5.41) is 2.44. The van der Waals surface area contributed by atoms with Crippen LogP contribution in [-0.4, -0.2) is 18.1 Å². The smallest absolute Gasteiger partial charge is 0.154 e. The molecule has 264 valence electrons. The lowest BCUT2D eigenvalue weighted by molar-refractivity contribution is 1.00. The van der Waals surface area contributed by atoms with E-state index in [9.17, 15) is 0 Å². The Kier molecular flexibility index (Phi) is 12.9. The standard InChI is InChI=1S/C52H46N2/c1-5-7-9-10-11-12-13-19-36-53-52(42-24-15-14-16-25-42)54-40(4)43-27-20-29-45(37-43)48-34-35-49(51-32-18-17-31-50(48)51)46-30-21-28-44(38-46)47-33-22-26-41(39(47)3)23-8-6-2/h6,8,10-18,20-35,37-38H,2,9,19,36H2,1,3-4H3/b11-10+,13-12-,23-8-,53-52?,54-40?. The van der Waals surface area contributed by atoms with E-state index in [1.807, 2.05) is 43.4 Å². The topological polar surface area (TPSA) is 24.7 Å². The molecule has 0 saturated heterocycles. The maximum Gasteiger partial charge on any atom is 0.154 e. The molecule has 6 aromatic rings. The molecular weight excluding hydrogens is 653 g/mol. The Labute approximate surface area is 321 Å². The Bertz CT molecular complexity index is 2460. The molecule has 0 spiro atoms. The summed E-state index contributed by atoms with van der Waals surface area (Å²) in [6.07, 6.45) is 15.8. The molecule has 0 fully saturated rings. The number of aliphatic imine (C=N–C) groups is 2. The molecule has 0 heterocycles. The summed E-state index contributed by atoms with van der Waals surface area (Å²) in [7, 11) is 0. The van der Waals surface area contributed by atoms with Crippen LogP contribution in [0.1, 0.15) is 48.9 Å². The first-order valence-electron chi connectivity index (χ1n) is 18.6. The number of allylic oxidation sites excluding steroid dienone is 5. The number of nitrogens with zero attached hydrogens (tertiary/aromatic N) is 2. The zero-order chi connectivity index (χ0) is 37.5. The Morgan fingerprint density at radius 2 is 1.28 bits per heavy atom. The maximum absolute atomic E-state index is 5.10. The van der Waals surface area contributed by atoms with Crippen LogP contribution in [0.25, 0.3) is 50.2 Å². The number of benzene rings is 6. The Morgan fingerprint density at radius 1 is 0.648 bits per heavy atom. The first-order valence-corrected chi connectivity index (χ1v) is 18.6. The highest BCUT2D eigenvalue weighted by molar-refractivity contribution is 6.12. The molecule has 0 aliphatic heterocycles. The molecule has 54 heavy (non-hydrogen) atoms. The largest absolute Gasteiger partial charge is 0.266 e. The molecule has 0 aromatic heterocycles. The summed E-state index contributed by atoms with van der Waals surface area (Å²) >= 11 is 0. The van der Waals surface area contributed by atoms with Crippen LogP contribution in [-0.2, 0) is 0 Å². The Morgan fingerprint density at radius 3 is 2.00 bits per heavy atom. The second-order valence-electron chi connectivity index (χ2n) is 13.0. The normalized spacial score (nSPS) is 12.1. The second-order valence-corrected chi connectivity index (χ2v) is 13.0. The van der Waals surface area contributed by atoms with Gasteiger partial charge in [-0.3, -0.25) is 4.99 Å². The van der Waals surface area contributed by atoms with Crippen LogP contribution in [0.5, 0.6) is 0 Å². The molecule has 0 atom stereocenters. The van der Waals surface area contributed by atoms with Gasteiger partial charge in [0.2, 0.25) is 0 Å². The average Bonchev–Trinajstić information content (AvgIpc) is 3.22. The van der Waals surface area contributed by atoms with Crippen LogP contribution < -0.4 is 0 Å². The predicted molar refractivity (Wildman–Crippen MR) is 235 cm³/mol. The van der Waals surface area contributed by atoms with E-state index >= 15 is 0 Å². The van der Waals surface area contributed by atoms with Crippen molar-refractivity contribution < 1.29 is 0 Å². The van der Waals surface area contributed by atoms with E-state index in [1.165, 1.54) is 49.7 Å². The molecule has 0 bridgehead atoms. The SMILES string of the molecule is C=C/C=C\c1cccc(-c2cccc(-c3ccc(-c4cccc(C(C)=NC(=NCC/C=C\C=C\CC#CC)c5ccccc5)c4)c4ccccc34)c2)c1C. The molecule has 0 radical (unpaired) electrons. The second kappa shape index (κ2) is 18.8. The summed E-state index contributed by atoms with van der Waals surface area (Å²) < 4.78 is 0. The highest BCUT2D eigenvalue weighted by atomic mass is 14.9. The predicted octanol–water partition coefficient (Wildman–Crippen LogP) is 13.5. The highest BCUT2D eigenvalue weighted by Gasteiger charge is 2.13. The fourth-order valence-electron chi connectivity index (χ4n) is 6.62. The van der Waals surface area contributed by atoms with Gasteiger partial charge in [-0.1, -0.05) is 176 Å². The van der Waals surface area contributed by atoms with Gasteiger partial charge in [-0.05, 0) is 100 Å². The van der Waals surface area contributed by atoms with Crippen molar-refractivity contribution >= 4 is 28.4 Å². The molecule has 0 aliphatic carbocycles. The van der Waals surface area contributed by atoms with E-state index in [0.29, 0.717) is 6.54 Å². The van der Waals surface area contributed by atoms with Crippen molar-refractivity contribution in [2.45, 2.75) is 33.6 Å². The lowest BCUT2D eigenvalue weighted by atomic mass is 9.89. The third kappa shape index (κ3) is 9.26. The maximum atomic E-state index is 5.10. The number of rotatable bonds is 12. The quantitative estimate of drug-likeness (QED) is 0.0400. The summed E-state index contributed by atoms with van der Waals surface area (Å²) in [5.41, 5.74) is 12.6. The van der Waals surface area contributed by atoms with E-state index in [-0.39, 0.29) is 0 Å². The number of amidine groups is 1. The highest BCUT2D eigenvalue weighted by Crippen LogP contribution is 2.38. The van der Waals surface area contributed by atoms with Crippen molar-refractivity contribution in [1.82, 2.24) is 0 Å². The first kappa shape index (κ1) is 37.2. The third-order valence-corrected chi connectivity index (χ3v) is 9.43. The molecule has 0 aliphatic rings. The van der Waals surface area contributed by atoms with Crippen molar-refractivity contribution in [3.63, 3.8) is 0 Å². The summed E-state index contributed by atoms with van der Waals surface area (Å²) in [6, 6.07) is 47.6. The van der Waals surface area contributed by atoms with Gasteiger partial charge in [0.1, 0.15) is 0 Å². The minimum atomic E-state index is 0.653. The fraction of sp³-hybridized carbons (Fsp3) is 0.115. The van der Waals surface area contributed by atoms with Crippen molar-refractivity contribution in [3.8, 4) is 45.2 Å². The van der Waals surface area contributed by atoms with Crippen molar-refractivity contribution in [1.29, 1.82) is 0 Å². The molecule has 6 aromatic carbocycles. The minimum absolute atomic E-state index is 0.653. The summed E-state index contributed by atoms with van der Waals surface area (Å²) in [5.74, 6) is 6.70. The number of hydrogen-bond donors (Lipinski definition) is 0. The number of fused-ring (bicyclic) bond motifs is 1. The van der Waals surface area contributed by atoms with E-state index in [4.69, 9.17) is 9.98 Å². The van der Waals surface area contributed by atoms with E-state index in [2.05, 4.69) is 172 Å². The van der Waals surface area contributed by atoms with E-state index < -0.39 is 0 Å². The Hall–Kier alpha value is -6.56. The zero-order valence-electron chi connectivity index (χ0n) is 31.5. The van der Waals surface area contributed by atoms with Gasteiger partial charge in [0.15, 0.2) is 5.84 Å². The third-order valence-electron chi connectivity index (χ3n) is 9.43. The van der Waals surface area contributed by atoms with E-state index in [1.54, 1.807) is 0 Å². The molecule has 0 N–H and O–H groups in total.